The van der Waals surface area contributed by atoms with Crippen LogP contribution in [0.2, 0.25) is 0 Å². The van der Waals surface area contributed by atoms with Gasteiger partial charge in [-0.3, -0.25) is 4.99 Å². The number of aromatic nitrogens is 2. The highest BCUT2D eigenvalue weighted by atomic mass is 19.4. The Morgan fingerprint density at radius 3 is 2.67 bits per heavy atom. The molecule has 0 bridgehead atoms. The highest BCUT2D eigenvalue weighted by molar-refractivity contribution is 5.88. The number of aliphatic imine (C=N–C) groups is 1. The van der Waals surface area contributed by atoms with Crippen LogP contribution in [0.25, 0.3) is 11.3 Å². The van der Waals surface area contributed by atoms with Gasteiger partial charge in [0.25, 0.3) is 0 Å². The molecule has 2 aromatic rings. The van der Waals surface area contributed by atoms with E-state index in [1.165, 1.54) is 6.07 Å². The van der Waals surface area contributed by atoms with Gasteiger partial charge >= 0.3 is 6.18 Å². The predicted molar refractivity (Wildman–Crippen MR) is 122 cm³/mol. The lowest BCUT2D eigenvalue weighted by molar-refractivity contribution is -0.137. The molecule has 6 nitrogen and oxygen atoms in total. The zero-order valence-electron chi connectivity index (χ0n) is 19.0. The summed E-state index contributed by atoms with van der Waals surface area (Å²) in [5.41, 5.74) is 1.02. The monoisotopic (exact) mass is 461 g/mol. The fourth-order valence-corrected chi connectivity index (χ4v) is 4.09. The summed E-state index contributed by atoms with van der Waals surface area (Å²) in [6.07, 6.45) is 0.408. The van der Waals surface area contributed by atoms with Crippen molar-refractivity contribution in [2.75, 3.05) is 52.9 Å². The molecule has 1 fully saturated rings. The largest absolute Gasteiger partial charge is 0.478 e. The van der Waals surface area contributed by atoms with Gasteiger partial charge < -0.3 is 19.5 Å². The maximum Gasteiger partial charge on any atom is 0.416 e. The maximum atomic E-state index is 13.1. The number of ether oxygens (including phenoxy) is 1. The summed E-state index contributed by atoms with van der Waals surface area (Å²) < 4.78 is 45.0. The highest BCUT2D eigenvalue weighted by Crippen LogP contribution is 2.33. The lowest BCUT2D eigenvalue weighted by Crippen LogP contribution is -2.44. The van der Waals surface area contributed by atoms with E-state index < -0.39 is 11.7 Å². The number of imidazole rings is 1. The number of nitrogens with zero attached hydrogens (tertiary/aromatic N) is 4. The smallest absolute Gasteiger partial charge is 0.416 e. The van der Waals surface area contributed by atoms with Crippen LogP contribution in [0.5, 0.6) is 0 Å². The molecule has 0 spiro atoms. The number of hydrogen-bond acceptors (Lipinski definition) is 5. The van der Waals surface area contributed by atoms with Crippen LogP contribution in [-0.4, -0.2) is 78.6 Å². The van der Waals surface area contributed by atoms with E-state index in [4.69, 9.17) is 4.74 Å². The molecule has 4 rings (SSSR count). The summed E-state index contributed by atoms with van der Waals surface area (Å²) in [6.45, 7) is 8.38. The maximum absolute atomic E-state index is 13.1. The first-order chi connectivity index (χ1) is 15.8. The van der Waals surface area contributed by atoms with Crippen molar-refractivity contribution >= 4 is 5.90 Å². The molecule has 9 heteroatoms. The van der Waals surface area contributed by atoms with Crippen LogP contribution in [0.15, 0.2) is 41.4 Å². The topological polar surface area (TPSA) is 56.8 Å². The van der Waals surface area contributed by atoms with Gasteiger partial charge in [-0.2, -0.15) is 13.2 Å². The Morgan fingerprint density at radius 1 is 1.18 bits per heavy atom. The van der Waals surface area contributed by atoms with Gasteiger partial charge in [0.05, 0.1) is 30.3 Å². The molecule has 0 amide bonds. The molecular formula is C24H30F3N5O. The van der Waals surface area contributed by atoms with Gasteiger partial charge in [0.15, 0.2) is 0 Å². The Balaban J connectivity index is 1.30. The Labute approximate surface area is 192 Å². The number of likely N-dealkylation sites (N-methyl/N-ethyl adjacent to an activating group) is 1. The van der Waals surface area contributed by atoms with Crippen molar-refractivity contribution in [3.05, 3.63) is 53.5 Å². The molecule has 1 N–H and O–H groups in total. The molecule has 1 aromatic heterocycles. The average Bonchev–Trinajstić information content (AvgIpc) is 3.19. The number of benzene rings is 1. The van der Waals surface area contributed by atoms with Crippen molar-refractivity contribution in [2.45, 2.75) is 25.4 Å². The number of rotatable bonds is 6. The van der Waals surface area contributed by atoms with E-state index in [2.05, 4.69) is 31.8 Å². The first-order valence-corrected chi connectivity index (χ1v) is 11.3. The van der Waals surface area contributed by atoms with Gasteiger partial charge in [-0.1, -0.05) is 18.2 Å². The quantitative estimate of drug-likeness (QED) is 0.658. The number of hydrogen-bond donors (Lipinski definition) is 1. The molecule has 1 saturated heterocycles. The van der Waals surface area contributed by atoms with Crippen LogP contribution < -0.4 is 0 Å². The number of dihydropyridines is 1. The molecule has 178 valence electrons. The summed E-state index contributed by atoms with van der Waals surface area (Å²) in [5, 5.41) is 0. The van der Waals surface area contributed by atoms with Crippen LogP contribution in [0, 0.1) is 6.92 Å². The second-order valence-corrected chi connectivity index (χ2v) is 8.67. The van der Waals surface area contributed by atoms with Gasteiger partial charge in [-0.15, -0.1) is 0 Å². The minimum absolute atomic E-state index is 0.0686. The lowest BCUT2D eigenvalue weighted by Gasteiger charge is -2.32. The minimum atomic E-state index is -4.38. The van der Waals surface area contributed by atoms with Crippen molar-refractivity contribution in [1.82, 2.24) is 19.8 Å². The number of nitrogens with one attached hydrogen (secondary N) is 1. The van der Waals surface area contributed by atoms with E-state index in [9.17, 15) is 13.2 Å². The number of halogens is 3. The standard InChI is InChI=1S/C24H30F3N5O/c1-17-22(18-5-3-6-20(15-18)24(25,26)27)30-23(29-17)19-7-8-21(28-16-19)33-14-4-9-32-12-10-31(2)11-13-32/h3,5-8,15,19H,4,9-14,16H2,1-2H3,(H,29,30). The van der Waals surface area contributed by atoms with E-state index in [-0.39, 0.29) is 5.92 Å². The average molecular weight is 462 g/mol. The molecule has 2 aliphatic heterocycles. The van der Waals surface area contributed by atoms with Crippen molar-refractivity contribution in [3.8, 4) is 11.3 Å². The van der Waals surface area contributed by atoms with Crippen LogP contribution in [-0.2, 0) is 10.9 Å². The third kappa shape index (κ3) is 6.03. The van der Waals surface area contributed by atoms with Crippen LogP contribution in [0.1, 0.15) is 29.4 Å². The van der Waals surface area contributed by atoms with Gasteiger partial charge in [0, 0.05) is 44.0 Å². The summed E-state index contributed by atoms with van der Waals surface area (Å²) in [6, 6.07) is 5.25. The third-order valence-corrected chi connectivity index (χ3v) is 6.10. The Morgan fingerprint density at radius 2 is 1.97 bits per heavy atom. The van der Waals surface area contributed by atoms with Gasteiger partial charge in [0.2, 0.25) is 5.90 Å². The molecule has 3 heterocycles. The van der Waals surface area contributed by atoms with Crippen LogP contribution in [0.3, 0.4) is 0 Å². The number of aromatic amines is 1. The number of aryl methyl sites for hydroxylation is 1. The Hall–Kier alpha value is -2.65. The van der Waals surface area contributed by atoms with Gasteiger partial charge in [-0.05, 0) is 38.6 Å². The molecule has 0 saturated carbocycles. The molecule has 1 aromatic carbocycles. The van der Waals surface area contributed by atoms with Crippen molar-refractivity contribution in [3.63, 3.8) is 0 Å². The van der Waals surface area contributed by atoms with Crippen LogP contribution >= 0.6 is 0 Å². The minimum Gasteiger partial charge on any atom is -0.478 e. The molecule has 0 radical (unpaired) electrons. The number of piperazine rings is 1. The summed E-state index contributed by atoms with van der Waals surface area (Å²) in [7, 11) is 2.15. The van der Waals surface area contributed by atoms with E-state index >= 15 is 0 Å². The zero-order chi connectivity index (χ0) is 23.4. The first-order valence-electron chi connectivity index (χ1n) is 11.3. The van der Waals surface area contributed by atoms with Crippen LogP contribution in [0.4, 0.5) is 13.2 Å². The fraction of sp³-hybridized carbons (Fsp3) is 0.500. The van der Waals surface area contributed by atoms with E-state index in [0.29, 0.717) is 36.1 Å². The summed E-state index contributed by atoms with van der Waals surface area (Å²) >= 11 is 0. The van der Waals surface area contributed by atoms with Crippen molar-refractivity contribution < 1.29 is 17.9 Å². The molecule has 33 heavy (non-hydrogen) atoms. The molecule has 1 atom stereocenters. The second-order valence-electron chi connectivity index (χ2n) is 8.67. The first kappa shape index (κ1) is 23.5. The molecule has 2 aliphatic rings. The van der Waals surface area contributed by atoms with Crippen molar-refractivity contribution in [1.29, 1.82) is 0 Å². The Bertz CT molecular complexity index is 1010. The highest BCUT2D eigenvalue weighted by Gasteiger charge is 2.31. The lowest BCUT2D eigenvalue weighted by atomic mass is 10.1. The third-order valence-electron chi connectivity index (χ3n) is 6.10. The van der Waals surface area contributed by atoms with Crippen molar-refractivity contribution in [2.24, 2.45) is 4.99 Å². The molecule has 1 unspecified atom stereocenters. The SMILES string of the molecule is Cc1[nH]c(C2C=CC(OCCCN3CCN(C)CC3)=NC2)nc1-c1cccc(C(F)(F)F)c1. The normalized spacial score (nSPS) is 20.2. The number of H-pyrrole nitrogens is 1. The fourth-order valence-electron chi connectivity index (χ4n) is 4.09. The van der Waals surface area contributed by atoms with E-state index in [1.807, 2.05) is 19.1 Å². The van der Waals surface area contributed by atoms with E-state index in [0.717, 1.165) is 57.0 Å². The number of alkyl halides is 3. The second kappa shape index (κ2) is 10.1. The van der Waals surface area contributed by atoms with Gasteiger partial charge in [0.1, 0.15) is 5.82 Å². The zero-order valence-corrected chi connectivity index (χ0v) is 19.0. The molecular weight excluding hydrogens is 431 g/mol. The molecule has 0 aliphatic carbocycles. The summed E-state index contributed by atoms with van der Waals surface area (Å²) in [4.78, 5) is 17.1. The van der Waals surface area contributed by atoms with Gasteiger partial charge in [-0.25, -0.2) is 4.98 Å². The van der Waals surface area contributed by atoms with E-state index in [1.54, 1.807) is 6.07 Å². The Kier molecular flexibility index (Phi) is 7.19. The summed E-state index contributed by atoms with van der Waals surface area (Å²) in [5.74, 6) is 1.24. The predicted octanol–water partition coefficient (Wildman–Crippen LogP) is 4.11.